The summed E-state index contributed by atoms with van der Waals surface area (Å²) in [5.41, 5.74) is 2.26. The summed E-state index contributed by atoms with van der Waals surface area (Å²) in [5, 5.41) is 4.88. The molecule has 0 unspecified atom stereocenters. The van der Waals surface area contributed by atoms with Gasteiger partial charge < -0.3 is 4.57 Å². The van der Waals surface area contributed by atoms with Gasteiger partial charge in [0.2, 0.25) is 5.82 Å². The molecule has 4 rings (SSSR count). The summed E-state index contributed by atoms with van der Waals surface area (Å²) in [6.45, 7) is 7.92. The molecule has 32 heavy (non-hydrogen) atoms. The number of rotatable bonds is 3. The molecule has 1 aliphatic rings. The highest BCUT2D eigenvalue weighted by Gasteiger charge is 2.37. The summed E-state index contributed by atoms with van der Waals surface area (Å²) in [4.78, 5) is 13.0. The zero-order valence-electron chi connectivity index (χ0n) is 17.7. The van der Waals surface area contributed by atoms with E-state index in [9.17, 15) is 26.7 Å². The number of amides is 1. The van der Waals surface area contributed by atoms with Gasteiger partial charge in [0.25, 0.3) is 5.91 Å². The number of halogens is 5. The molecule has 0 bridgehead atoms. The van der Waals surface area contributed by atoms with Crippen LogP contribution in [-0.2, 0) is 11.3 Å². The number of hydrogen-bond donors (Lipinski definition) is 0. The number of nitrogens with zero attached hydrogens (tertiary/aromatic N) is 3. The van der Waals surface area contributed by atoms with E-state index in [4.69, 9.17) is 0 Å². The molecular formula is C23H18F5N3O. The molecular weight excluding hydrogens is 429 g/mol. The van der Waals surface area contributed by atoms with Crippen molar-refractivity contribution in [2.45, 2.75) is 34.2 Å². The molecule has 0 N–H and O–H groups in total. The summed E-state index contributed by atoms with van der Waals surface area (Å²) in [6, 6.07) is 5.72. The molecule has 3 aromatic rings. The highest BCUT2D eigenvalue weighted by atomic mass is 19.2. The molecule has 1 aromatic heterocycles. The first-order valence-electron chi connectivity index (χ1n) is 9.81. The predicted octanol–water partition coefficient (Wildman–Crippen LogP) is 5.78. The van der Waals surface area contributed by atoms with E-state index in [1.807, 2.05) is 39.0 Å². The third-order valence-corrected chi connectivity index (χ3v) is 5.66. The van der Waals surface area contributed by atoms with E-state index in [0.29, 0.717) is 12.1 Å². The van der Waals surface area contributed by atoms with Gasteiger partial charge in [0.15, 0.2) is 23.3 Å². The molecule has 0 radical (unpaired) electrons. The Morgan fingerprint density at radius 3 is 2.12 bits per heavy atom. The average molecular weight is 447 g/mol. The van der Waals surface area contributed by atoms with Gasteiger partial charge in [-0.3, -0.25) is 4.79 Å². The molecule has 0 spiro atoms. The third kappa shape index (κ3) is 2.95. The number of anilines is 1. The van der Waals surface area contributed by atoms with E-state index in [1.165, 1.54) is 13.0 Å². The Kier molecular flexibility index (Phi) is 5.15. The molecule has 0 saturated carbocycles. The summed E-state index contributed by atoms with van der Waals surface area (Å²) < 4.78 is 71.3. The van der Waals surface area contributed by atoms with Crippen molar-refractivity contribution in [3.8, 4) is 0 Å². The Morgan fingerprint density at radius 2 is 1.53 bits per heavy atom. The maximum Gasteiger partial charge on any atom is 0.280 e. The zero-order chi connectivity index (χ0) is 23.5. The van der Waals surface area contributed by atoms with Crippen LogP contribution in [0.1, 0.15) is 30.7 Å². The fourth-order valence-electron chi connectivity index (χ4n) is 4.08. The third-order valence-electron chi connectivity index (χ3n) is 5.66. The second kappa shape index (κ2) is 7.58. The maximum absolute atomic E-state index is 14.3. The summed E-state index contributed by atoms with van der Waals surface area (Å²) in [6.07, 6.45) is 1.54. The van der Waals surface area contributed by atoms with Crippen LogP contribution in [0, 0.1) is 42.9 Å². The molecule has 0 aliphatic carbocycles. The maximum atomic E-state index is 14.3. The van der Waals surface area contributed by atoms with Crippen LogP contribution < -0.4 is 5.01 Å². The molecule has 2 aromatic carbocycles. The Bertz CT molecular complexity index is 1340. The first-order chi connectivity index (χ1) is 15.1. The van der Waals surface area contributed by atoms with E-state index in [1.54, 1.807) is 0 Å². The van der Waals surface area contributed by atoms with Gasteiger partial charge in [0.1, 0.15) is 5.69 Å². The minimum absolute atomic E-state index is 0.00583. The van der Waals surface area contributed by atoms with Crippen LogP contribution in [0.3, 0.4) is 0 Å². The van der Waals surface area contributed by atoms with Crippen molar-refractivity contribution in [3.63, 3.8) is 0 Å². The van der Waals surface area contributed by atoms with Crippen LogP contribution >= 0.6 is 0 Å². The molecule has 9 heteroatoms. The molecule has 166 valence electrons. The summed E-state index contributed by atoms with van der Waals surface area (Å²) >= 11 is 0. The minimum Gasteiger partial charge on any atom is -0.344 e. The highest BCUT2D eigenvalue weighted by Crippen LogP contribution is 2.35. The van der Waals surface area contributed by atoms with E-state index in [0.717, 1.165) is 22.2 Å². The van der Waals surface area contributed by atoms with Gasteiger partial charge in [0, 0.05) is 23.2 Å². The van der Waals surface area contributed by atoms with Crippen molar-refractivity contribution in [1.29, 1.82) is 0 Å². The van der Waals surface area contributed by atoms with Gasteiger partial charge in [-0.2, -0.15) is 10.1 Å². The predicted molar refractivity (Wildman–Crippen MR) is 112 cm³/mol. The number of carbonyl (C=O) groups excluding carboxylic acids is 1. The van der Waals surface area contributed by atoms with E-state index >= 15 is 0 Å². The number of carbonyl (C=O) groups is 1. The Hall–Kier alpha value is -3.49. The first kappa shape index (κ1) is 21.7. The molecule has 0 saturated heterocycles. The molecule has 1 aliphatic heterocycles. The molecule has 4 nitrogen and oxygen atoms in total. The number of aromatic nitrogens is 1. The van der Waals surface area contributed by atoms with E-state index in [2.05, 4.69) is 9.67 Å². The number of hydrogen-bond acceptors (Lipinski definition) is 2. The van der Waals surface area contributed by atoms with Crippen LogP contribution in [-0.4, -0.2) is 16.2 Å². The monoisotopic (exact) mass is 447 g/mol. The molecule has 0 atom stereocenters. The fourth-order valence-corrected chi connectivity index (χ4v) is 4.08. The lowest BCUT2D eigenvalue weighted by atomic mass is 10.0. The largest absolute Gasteiger partial charge is 0.344 e. The topological polar surface area (TPSA) is 37.6 Å². The second-order valence-electron chi connectivity index (χ2n) is 7.49. The van der Waals surface area contributed by atoms with Crippen LogP contribution in [0.2, 0.25) is 0 Å². The van der Waals surface area contributed by atoms with Crippen LogP contribution in [0.4, 0.5) is 27.6 Å². The standard InChI is InChI=1S/C23H18F5N3O/c1-5-30-12(4)15(13-8-6-7-10(2)21(13)30)9-14-11(3)29-31(23(14)32)22-19(27)17(25)16(24)18(26)20(22)28/h6-9H,5H2,1-4H3/b14-9+. The second-order valence-corrected chi connectivity index (χ2v) is 7.49. The Balaban J connectivity index is 1.89. The number of hydrazone groups is 1. The van der Waals surface area contributed by atoms with E-state index < -0.39 is 40.7 Å². The van der Waals surface area contributed by atoms with Gasteiger partial charge in [0.05, 0.1) is 16.8 Å². The van der Waals surface area contributed by atoms with Crippen LogP contribution in [0.5, 0.6) is 0 Å². The summed E-state index contributed by atoms with van der Waals surface area (Å²) in [5.74, 6) is -11.8. The van der Waals surface area contributed by atoms with Gasteiger partial charge >= 0.3 is 0 Å². The number of aryl methyl sites for hydroxylation is 2. The SMILES string of the molecule is CCn1c(C)c(/C=C2/C(=O)N(c3c(F)c(F)c(F)c(F)c3F)N=C2C)c2cccc(C)c21. The quantitative estimate of drug-likeness (QED) is 0.217. The fraction of sp³-hybridized carbons (Fsp3) is 0.217. The lowest BCUT2D eigenvalue weighted by molar-refractivity contribution is -0.114. The van der Waals surface area contributed by atoms with Gasteiger partial charge in [-0.15, -0.1) is 0 Å². The number of fused-ring (bicyclic) bond motifs is 1. The number of benzene rings is 2. The van der Waals surface area contributed by atoms with Gasteiger partial charge in [-0.1, -0.05) is 18.2 Å². The Labute approximate surface area is 180 Å². The minimum atomic E-state index is -2.30. The van der Waals surface area contributed by atoms with Crippen LogP contribution in [0.15, 0.2) is 28.9 Å². The van der Waals surface area contributed by atoms with Crippen molar-refractivity contribution in [2.75, 3.05) is 5.01 Å². The van der Waals surface area contributed by atoms with Crippen molar-refractivity contribution in [2.24, 2.45) is 5.10 Å². The van der Waals surface area contributed by atoms with Crippen molar-refractivity contribution < 1.29 is 26.7 Å². The molecule has 0 fully saturated rings. The van der Waals surface area contributed by atoms with Gasteiger partial charge in [-0.05, 0) is 39.3 Å². The van der Waals surface area contributed by atoms with Crippen molar-refractivity contribution in [1.82, 2.24) is 4.57 Å². The first-order valence-corrected chi connectivity index (χ1v) is 9.81. The van der Waals surface area contributed by atoms with Crippen molar-refractivity contribution >= 4 is 34.3 Å². The van der Waals surface area contributed by atoms with E-state index in [-0.39, 0.29) is 16.3 Å². The number of para-hydroxylation sites is 1. The summed E-state index contributed by atoms with van der Waals surface area (Å²) in [7, 11) is 0. The lowest BCUT2D eigenvalue weighted by Crippen LogP contribution is -2.25. The lowest BCUT2D eigenvalue weighted by Gasteiger charge is -2.15. The Morgan fingerprint density at radius 1 is 0.938 bits per heavy atom. The highest BCUT2D eigenvalue weighted by molar-refractivity contribution is 6.32. The average Bonchev–Trinajstić information content (AvgIpc) is 3.20. The normalized spacial score (nSPS) is 15.4. The molecule has 2 heterocycles. The van der Waals surface area contributed by atoms with Crippen LogP contribution in [0.25, 0.3) is 17.0 Å². The molecule has 1 amide bonds. The smallest absolute Gasteiger partial charge is 0.280 e. The van der Waals surface area contributed by atoms with Crippen molar-refractivity contribution in [3.05, 3.63) is 69.7 Å². The van der Waals surface area contributed by atoms with Gasteiger partial charge in [-0.25, -0.2) is 22.0 Å². The zero-order valence-corrected chi connectivity index (χ0v) is 17.7.